The molecule has 8 nitrogen and oxygen atoms in total. The topological polar surface area (TPSA) is 116 Å². The Morgan fingerprint density at radius 3 is 2.62 bits per heavy atom. The number of carbonyl (C=O) groups excluding carboxylic acids is 1. The molecule has 9 heteroatoms. The van der Waals surface area contributed by atoms with Crippen molar-refractivity contribution in [2.75, 3.05) is 11.3 Å². The molecule has 0 radical (unpaired) electrons. The van der Waals surface area contributed by atoms with Crippen LogP contribution in [0.2, 0.25) is 0 Å². The van der Waals surface area contributed by atoms with E-state index in [4.69, 9.17) is 4.74 Å². The van der Waals surface area contributed by atoms with Crippen LogP contribution in [-0.2, 0) is 14.8 Å². The van der Waals surface area contributed by atoms with Crippen LogP contribution in [0.25, 0.3) is 0 Å². The van der Waals surface area contributed by atoms with E-state index in [0.29, 0.717) is 0 Å². The Bertz CT molecular complexity index is 911. The van der Waals surface area contributed by atoms with Crippen molar-refractivity contribution in [1.82, 2.24) is 0 Å². The van der Waals surface area contributed by atoms with Crippen molar-refractivity contribution < 1.29 is 22.9 Å². The van der Waals surface area contributed by atoms with Gasteiger partial charge in [0.2, 0.25) is 0 Å². The third-order valence-electron chi connectivity index (χ3n) is 3.43. The highest BCUT2D eigenvalue weighted by atomic mass is 32.2. The van der Waals surface area contributed by atoms with Crippen molar-refractivity contribution in [3.05, 3.63) is 64.2 Å². The molecule has 0 saturated carbocycles. The summed E-state index contributed by atoms with van der Waals surface area (Å²) in [6.07, 6.45) is 1.61. The maximum Gasteiger partial charge on any atom is 0.338 e. The lowest BCUT2D eigenvalue weighted by atomic mass is 10.2. The molecule has 2 rings (SSSR count). The molecule has 0 amide bonds. The molecule has 2 aromatic rings. The average Bonchev–Trinajstić information content (AvgIpc) is 2.61. The van der Waals surface area contributed by atoms with Crippen LogP contribution in [-0.4, -0.2) is 25.9 Å². The van der Waals surface area contributed by atoms with Gasteiger partial charge in [-0.25, -0.2) is 13.2 Å². The van der Waals surface area contributed by atoms with E-state index in [1.54, 1.807) is 0 Å². The Morgan fingerprint density at radius 1 is 1.19 bits per heavy atom. The molecule has 2 aromatic carbocycles. The summed E-state index contributed by atoms with van der Waals surface area (Å²) in [6, 6.07) is 10.8. The number of nitro benzene ring substituents is 1. The van der Waals surface area contributed by atoms with Crippen molar-refractivity contribution in [2.45, 2.75) is 24.7 Å². The van der Waals surface area contributed by atoms with Crippen LogP contribution >= 0.6 is 0 Å². The average molecular weight is 378 g/mol. The summed E-state index contributed by atoms with van der Waals surface area (Å²) in [5.74, 6) is -0.565. The number of esters is 1. The van der Waals surface area contributed by atoms with Gasteiger partial charge in [-0.1, -0.05) is 31.5 Å². The number of para-hydroxylation sites is 1. The van der Waals surface area contributed by atoms with E-state index >= 15 is 0 Å². The summed E-state index contributed by atoms with van der Waals surface area (Å²) < 4.78 is 32.3. The van der Waals surface area contributed by atoms with Crippen molar-refractivity contribution in [3.8, 4) is 0 Å². The van der Waals surface area contributed by atoms with Gasteiger partial charge in [-0.3, -0.25) is 14.8 Å². The van der Waals surface area contributed by atoms with Gasteiger partial charge in [0.15, 0.2) is 4.90 Å². The summed E-state index contributed by atoms with van der Waals surface area (Å²) >= 11 is 0. The van der Waals surface area contributed by atoms with Gasteiger partial charge in [-0.2, -0.15) is 0 Å². The molecule has 1 N–H and O–H groups in total. The van der Waals surface area contributed by atoms with E-state index in [0.717, 1.165) is 25.0 Å². The fraction of sp³-hybridized carbons (Fsp3) is 0.235. The Morgan fingerprint density at radius 2 is 1.92 bits per heavy atom. The number of carbonyl (C=O) groups is 1. The van der Waals surface area contributed by atoms with Crippen LogP contribution in [0.1, 0.15) is 30.1 Å². The largest absolute Gasteiger partial charge is 0.462 e. The molecule has 0 saturated heterocycles. The van der Waals surface area contributed by atoms with Crippen LogP contribution in [0.15, 0.2) is 53.4 Å². The molecular weight excluding hydrogens is 360 g/mol. The summed E-state index contributed by atoms with van der Waals surface area (Å²) in [5.41, 5.74) is -0.243. The normalized spacial score (nSPS) is 11.0. The highest BCUT2D eigenvalue weighted by Crippen LogP contribution is 2.25. The molecule has 138 valence electrons. The summed E-state index contributed by atoms with van der Waals surface area (Å²) in [4.78, 5) is 21.8. The van der Waals surface area contributed by atoms with E-state index in [2.05, 4.69) is 4.72 Å². The van der Waals surface area contributed by atoms with Crippen LogP contribution in [0.4, 0.5) is 11.4 Å². The number of unbranched alkanes of at least 4 members (excludes halogenated alkanes) is 1. The number of sulfonamides is 1. The van der Waals surface area contributed by atoms with Gasteiger partial charge in [0.25, 0.3) is 15.7 Å². The minimum Gasteiger partial charge on any atom is -0.462 e. The van der Waals surface area contributed by atoms with Gasteiger partial charge in [0.1, 0.15) is 0 Å². The number of benzene rings is 2. The molecule has 0 spiro atoms. The first-order valence-electron chi connectivity index (χ1n) is 7.88. The summed E-state index contributed by atoms with van der Waals surface area (Å²) in [7, 11) is -4.20. The van der Waals surface area contributed by atoms with Crippen LogP contribution in [0.5, 0.6) is 0 Å². The zero-order valence-electron chi connectivity index (χ0n) is 14.0. The summed E-state index contributed by atoms with van der Waals surface area (Å²) in [6.45, 7) is 2.24. The third-order valence-corrected chi connectivity index (χ3v) is 4.86. The quantitative estimate of drug-likeness (QED) is 0.326. The van der Waals surface area contributed by atoms with Crippen molar-refractivity contribution in [1.29, 1.82) is 0 Å². The van der Waals surface area contributed by atoms with E-state index < -0.39 is 31.5 Å². The van der Waals surface area contributed by atoms with Crippen molar-refractivity contribution in [2.24, 2.45) is 0 Å². The highest BCUT2D eigenvalue weighted by molar-refractivity contribution is 7.92. The number of nitrogens with zero attached hydrogens (tertiary/aromatic N) is 1. The zero-order chi connectivity index (χ0) is 19.2. The molecule has 0 aliphatic carbocycles. The van der Waals surface area contributed by atoms with E-state index in [1.165, 1.54) is 36.4 Å². The number of anilines is 1. The fourth-order valence-corrected chi connectivity index (χ4v) is 3.37. The van der Waals surface area contributed by atoms with Gasteiger partial charge >= 0.3 is 5.97 Å². The van der Waals surface area contributed by atoms with Crippen LogP contribution in [0.3, 0.4) is 0 Å². The molecule has 0 atom stereocenters. The Kier molecular flexibility index (Phi) is 6.29. The Hall–Kier alpha value is -2.94. The lowest BCUT2D eigenvalue weighted by Crippen LogP contribution is -2.15. The standard InChI is InChI=1S/C17H18N2O6S/c1-2-3-11-25-17(20)13-7-6-8-14(12-13)18-26(23,24)16-10-5-4-9-15(16)19(21)22/h4-10,12,18H,2-3,11H2,1H3. The van der Waals surface area contributed by atoms with Crippen molar-refractivity contribution in [3.63, 3.8) is 0 Å². The minimum atomic E-state index is -4.20. The fourth-order valence-electron chi connectivity index (χ4n) is 2.15. The Labute approximate surface area is 151 Å². The second-order valence-corrected chi connectivity index (χ2v) is 7.05. The monoisotopic (exact) mass is 378 g/mol. The molecule has 0 heterocycles. The first kappa shape index (κ1) is 19.4. The third kappa shape index (κ3) is 4.79. The molecule has 0 bridgehead atoms. The van der Waals surface area contributed by atoms with Crippen LogP contribution in [0, 0.1) is 10.1 Å². The highest BCUT2D eigenvalue weighted by Gasteiger charge is 2.25. The number of hydrogen-bond donors (Lipinski definition) is 1. The first-order valence-corrected chi connectivity index (χ1v) is 9.37. The van der Waals surface area contributed by atoms with Gasteiger partial charge in [-0.05, 0) is 30.7 Å². The Balaban J connectivity index is 2.24. The van der Waals surface area contributed by atoms with E-state index in [-0.39, 0.29) is 17.9 Å². The van der Waals surface area contributed by atoms with E-state index in [9.17, 15) is 23.3 Å². The lowest BCUT2D eigenvalue weighted by Gasteiger charge is -2.10. The second kappa shape index (κ2) is 8.43. The molecule has 26 heavy (non-hydrogen) atoms. The van der Waals surface area contributed by atoms with E-state index in [1.807, 2.05) is 6.92 Å². The number of hydrogen-bond acceptors (Lipinski definition) is 6. The molecular formula is C17H18N2O6S. The predicted molar refractivity (Wildman–Crippen MR) is 95.5 cm³/mol. The number of nitro groups is 1. The zero-order valence-corrected chi connectivity index (χ0v) is 14.9. The minimum absolute atomic E-state index is 0.105. The van der Waals surface area contributed by atoms with Crippen LogP contribution < -0.4 is 4.72 Å². The SMILES string of the molecule is CCCCOC(=O)c1cccc(NS(=O)(=O)c2ccccc2[N+](=O)[O-])c1. The predicted octanol–water partition coefficient (Wildman–Crippen LogP) is 3.35. The smallest absolute Gasteiger partial charge is 0.338 e. The van der Waals surface area contributed by atoms with Gasteiger partial charge in [0.05, 0.1) is 17.1 Å². The van der Waals surface area contributed by atoms with Gasteiger partial charge in [-0.15, -0.1) is 0 Å². The number of nitrogens with one attached hydrogen (secondary N) is 1. The van der Waals surface area contributed by atoms with Gasteiger partial charge in [0, 0.05) is 11.8 Å². The first-order chi connectivity index (χ1) is 12.3. The molecule has 0 aliphatic heterocycles. The number of rotatable bonds is 8. The molecule has 0 unspecified atom stereocenters. The lowest BCUT2D eigenvalue weighted by molar-refractivity contribution is -0.387. The van der Waals surface area contributed by atoms with Crippen molar-refractivity contribution >= 4 is 27.4 Å². The maximum atomic E-state index is 12.5. The number of ether oxygens (including phenoxy) is 1. The molecule has 0 fully saturated rings. The van der Waals surface area contributed by atoms with Gasteiger partial charge < -0.3 is 4.74 Å². The maximum absolute atomic E-state index is 12.5. The molecule has 0 aliphatic rings. The summed E-state index contributed by atoms with van der Waals surface area (Å²) in [5, 5.41) is 11.0. The molecule has 0 aromatic heterocycles. The second-order valence-electron chi connectivity index (χ2n) is 5.40.